The summed E-state index contributed by atoms with van der Waals surface area (Å²) in [5.41, 5.74) is 0.473. The average Bonchev–Trinajstić information content (AvgIpc) is 2.42. The number of amides is 2. The quantitative estimate of drug-likeness (QED) is 0.796. The zero-order valence-electron chi connectivity index (χ0n) is 11.0. The van der Waals surface area contributed by atoms with E-state index in [-0.39, 0.29) is 18.1 Å². The molecule has 1 saturated carbocycles. The monoisotopic (exact) mass is 316 g/mol. The van der Waals surface area contributed by atoms with Gasteiger partial charge in [-0.05, 0) is 31.0 Å². The van der Waals surface area contributed by atoms with E-state index in [1.54, 1.807) is 18.2 Å². The minimum absolute atomic E-state index is 0.129. The van der Waals surface area contributed by atoms with Crippen LogP contribution in [0.5, 0.6) is 0 Å². The lowest BCUT2D eigenvalue weighted by molar-refractivity contribution is 0.0712. The van der Waals surface area contributed by atoms with Crippen molar-refractivity contribution in [3.05, 3.63) is 28.2 Å². The predicted octanol–water partition coefficient (Wildman–Crippen LogP) is 3.67. The highest BCUT2D eigenvalue weighted by molar-refractivity contribution is 6.35. The third-order valence-corrected chi connectivity index (χ3v) is 4.14. The van der Waals surface area contributed by atoms with Crippen LogP contribution in [0, 0.1) is 5.92 Å². The molecule has 2 amide bonds. The minimum Gasteiger partial charge on any atom is -0.393 e. The highest BCUT2D eigenvalue weighted by atomic mass is 35.5. The van der Waals surface area contributed by atoms with Crippen LogP contribution in [-0.4, -0.2) is 23.8 Å². The summed E-state index contributed by atoms with van der Waals surface area (Å²) in [5.74, 6) is 0.129. The van der Waals surface area contributed by atoms with Gasteiger partial charge in [0.1, 0.15) is 0 Å². The van der Waals surface area contributed by atoms with Crippen molar-refractivity contribution < 1.29 is 9.90 Å². The highest BCUT2D eigenvalue weighted by Gasteiger charge is 2.23. The Morgan fingerprint density at radius 2 is 2.05 bits per heavy atom. The third-order valence-electron chi connectivity index (χ3n) is 3.57. The van der Waals surface area contributed by atoms with Crippen molar-refractivity contribution in [3.8, 4) is 0 Å². The molecule has 0 bridgehead atoms. The minimum atomic E-state index is -0.341. The molecule has 0 spiro atoms. The summed E-state index contributed by atoms with van der Waals surface area (Å²) in [6, 6.07) is 4.54. The average molecular weight is 317 g/mol. The first-order valence-corrected chi connectivity index (χ1v) is 7.50. The summed E-state index contributed by atoms with van der Waals surface area (Å²) in [4.78, 5) is 11.8. The van der Waals surface area contributed by atoms with Crippen molar-refractivity contribution in [1.29, 1.82) is 0 Å². The maximum absolute atomic E-state index is 11.8. The molecule has 1 aliphatic rings. The number of anilines is 1. The number of carbonyl (C=O) groups is 1. The van der Waals surface area contributed by atoms with Gasteiger partial charge in [-0.3, -0.25) is 0 Å². The molecule has 0 saturated heterocycles. The van der Waals surface area contributed by atoms with E-state index in [1.807, 2.05) is 0 Å². The predicted molar refractivity (Wildman–Crippen MR) is 81.4 cm³/mol. The maximum Gasteiger partial charge on any atom is 0.319 e. The van der Waals surface area contributed by atoms with Crippen molar-refractivity contribution >= 4 is 34.9 Å². The summed E-state index contributed by atoms with van der Waals surface area (Å²) in [6.07, 6.45) is 3.60. The fraction of sp³-hybridized carbons (Fsp3) is 0.500. The lowest BCUT2D eigenvalue weighted by Crippen LogP contribution is -2.38. The van der Waals surface area contributed by atoms with Crippen LogP contribution in [-0.2, 0) is 0 Å². The summed E-state index contributed by atoms with van der Waals surface area (Å²) >= 11 is 11.8. The normalized spacial score (nSPS) is 22.4. The van der Waals surface area contributed by atoms with Crippen LogP contribution >= 0.6 is 23.2 Å². The number of urea groups is 1. The Bertz CT molecular complexity index is 482. The van der Waals surface area contributed by atoms with Gasteiger partial charge in [0.25, 0.3) is 0 Å². The molecule has 0 radical (unpaired) electrons. The van der Waals surface area contributed by atoms with Gasteiger partial charge < -0.3 is 15.7 Å². The van der Waals surface area contributed by atoms with E-state index in [0.717, 1.165) is 25.7 Å². The standard InChI is InChI=1S/C14H18Cl2N2O2/c15-10-5-6-11(16)12(7-10)18-14(20)17-8-9-3-1-2-4-13(9)19/h5-7,9,13,19H,1-4,8H2,(H2,17,18,20). The Kier molecular flexibility index (Phi) is 5.52. The Morgan fingerprint density at radius 1 is 1.30 bits per heavy atom. The van der Waals surface area contributed by atoms with E-state index >= 15 is 0 Å². The molecule has 0 heterocycles. The van der Waals surface area contributed by atoms with Crippen LogP contribution in [0.3, 0.4) is 0 Å². The van der Waals surface area contributed by atoms with Crippen molar-refractivity contribution in [2.24, 2.45) is 5.92 Å². The fourth-order valence-electron chi connectivity index (χ4n) is 2.41. The number of hydrogen-bond acceptors (Lipinski definition) is 2. The highest BCUT2D eigenvalue weighted by Crippen LogP contribution is 2.26. The Labute approximate surface area is 128 Å². The van der Waals surface area contributed by atoms with Gasteiger partial charge in [-0.25, -0.2) is 4.79 Å². The molecule has 0 aromatic heterocycles. The van der Waals surface area contributed by atoms with Gasteiger partial charge in [-0.15, -0.1) is 0 Å². The van der Waals surface area contributed by atoms with Crippen LogP contribution in [0.15, 0.2) is 18.2 Å². The van der Waals surface area contributed by atoms with Gasteiger partial charge in [0.05, 0.1) is 16.8 Å². The topological polar surface area (TPSA) is 61.4 Å². The van der Waals surface area contributed by atoms with E-state index in [0.29, 0.717) is 22.3 Å². The largest absolute Gasteiger partial charge is 0.393 e. The summed E-state index contributed by atoms with van der Waals surface area (Å²) in [5, 5.41) is 16.2. The van der Waals surface area contributed by atoms with Crippen LogP contribution < -0.4 is 10.6 Å². The fourth-order valence-corrected chi connectivity index (χ4v) is 2.75. The van der Waals surface area contributed by atoms with Gasteiger partial charge in [0, 0.05) is 17.5 Å². The van der Waals surface area contributed by atoms with E-state index in [2.05, 4.69) is 10.6 Å². The molecular weight excluding hydrogens is 299 g/mol. The van der Waals surface area contributed by atoms with Crippen LogP contribution in [0.25, 0.3) is 0 Å². The number of benzene rings is 1. The smallest absolute Gasteiger partial charge is 0.319 e. The van der Waals surface area contributed by atoms with Gasteiger partial charge >= 0.3 is 6.03 Å². The SMILES string of the molecule is O=C(NCC1CCCCC1O)Nc1cc(Cl)ccc1Cl. The molecule has 2 rings (SSSR count). The lowest BCUT2D eigenvalue weighted by Gasteiger charge is -2.27. The molecule has 4 nitrogen and oxygen atoms in total. The molecule has 1 aromatic rings. The second-order valence-corrected chi connectivity index (χ2v) is 5.91. The molecule has 0 aliphatic heterocycles. The van der Waals surface area contributed by atoms with Crippen molar-refractivity contribution in [3.63, 3.8) is 0 Å². The number of nitrogens with one attached hydrogen (secondary N) is 2. The molecule has 6 heteroatoms. The Balaban J connectivity index is 1.84. The first-order valence-electron chi connectivity index (χ1n) is 6.74. The number of halogens is 2. The van der Waals surface area contributed by atoms with E-state index < -0.39 is 0 Å². The van der Waals surface area contributed by atoms with E-state index in [1.165, 1.54) is 0 Å². The first-order chi connectivity index (χ1) is 9.56. The number of carbonyl (C=O) groups excluding carboxylic acids is 1. The summed E-state index contributed by atoms with van der Waals surface area (Å²) in [7, 11) is 0. The van der Waals surface area contributed by atoms with E-state index in [4.69, 9.17) is 23.2 Å². The molecule has 1 aliphatic carbocycles. The summed E-state index contributed by atoms with van der Waals surface area (Å²) < 4.78 is 0. The van der Waals surface area contributed by atoms with Crippen molar-refractivity contribution in [1.82, 2.24) is 5.32 Å². The second kappa shape index (κ2) is 7.16. The number of aliphatic hydroxyl groups excluding tert-OH is 1. The molecule has 3 N–H and O–H groups in total. The van der Waals surface area contributed by atoms with Crippen LogP contribution in [0.2, 0.25) is 10.0 Å². The second-order valence-electron chi connectivity index (χ2n) is 5.07. The first kappa shape index (κ1) is 15.4. The van der Waals surface area contributed by atoms with Crippen molar-refractivity contribution in [2.75, 3.05) is 11.9 Å². The van der Waals surface area contributed by atoms with Gasteiger partial charge in [-0.1, -0.05) is 36.0 Å². The summed E-state index contributed by atoms with van der Waals surface area (Å²) in [6.45, 7) is 0.463. The zero-order chi connectivity index (χ0) is 14.5. The van der Waals surface area contributed by atoms with Crippen LogP contribution in [0.1, 0.15) is 25.7 Å². The number of hydrogen-bond donors (Lipinski definition) is 3. The number of aliphatic hydroxyl groups is 1. The molecule has 2 atom stereocenters. The van der Waals surface area contributed by atoms with Gasteiger partial charge in [-0.2, -0.15) is 0 Å². The lowest BCUT2D eigenvalue weighted by atomic mass is 9.86. The molecule has 1 aromatic carbocycles. The van der Waals surface area contributed by atoms with Crippen LogP contribution in [0.4, 0.5) is 10.5 Å². The van der Waals surface area contributed by atoms with E-state index in [9.17, 15) is 9.90 Å². The third kappa shape index (κ3) is 4.27. The Hall–Kier alpha value is -0.970. The van der Waals surface area contributed by atoms with Crippen molar-refractivity contribution in [2.45, 2.75) is 31.8 Å². The van der Waals surface area contributed by atoms with Gasteiger partial charge in [0.2, 0.25) is 0 Å². The molecule has 110 valence electrons. The number of rotatable bonds is 3. The zero-order valence-corrected chi connectivity index (χ0v) is 12.5. The molecule has 2 unspecified atom stereocenters. The molecule has 20 heavy (non-hydrogen) atoms. The molecular formula is C14H18Cl2N2O2. The Morgan fingerprint density at radius 3 is 2.80 bits per heavy atom. The van der Waals surface area contributed by atoms with Gasteiger partial charge in [0.15, 0.2) is 0 Å². The molecule has 1 fully saturated rings. The maximum atomic E-state index is 11.8.